The second-order valence-corrected chi connectivity index (χ2v) is 7.52. The van der Waals surface area contributed by atoms with Gasteiger partial charge < -0.3 is 5.11 Å². The first kappa shape index (κ1) is 16.2. The summed E-state index contributed by atoms with van der Waals surface area (Å²) in [6, 6.07) is 1.86. The lowest BCUT2D eigenvalue weighted by atomic mass is 10.0. The Bertz CT molecular complexity index is 677. The average molecular weight is 336 g/mol. The van der Waals surface area contributed by atoms with Crippen LogP contribution in [0.3, 0.4) is 0 Å². The molecule has 8 heteroatoms. The molecule has 1 aromatic rings. The molecule has 0 amide bonds. The molecule has 1 aliphatic rings. The summed E-state index contributed by atoms with van der Waals surface area (Å²) in [5.74, 6) is -2.65. The molecule has 1 fully saturated rings. The van der Waals surface area contributed by atoms with Crippen LogP contribution < -0.4 is 0 Å². The first-order valence-corrected chi connectivity index (χ1v) is 8.27. The molecule has 1 aliphatic heterocycles. The molecule has 1 atom stereocenters. The maximum absolute atomic E-state index is 14.2. The molecule has 0 aliphatic carbocycles. The van der Waals surface area contributed by atoms with E-state index in [0.29, 0.717) is 13.0 Å². The SMILES string of the molecule is CC1CCCN(S(=O)(=O)c2cc(Cl)cc(C(=O)O)c2F)C1. The number of carboxylic acids is 1. The van der Waals surface area contributed by atoms with Crippen LogP contribution in [0.2, 0.25) is 5.02 Å². The third kappa shape index (κ3) is 3.20. The van der Waals surface area contributed by atoms with Crippen LogP contribution in [0.5, 0.6) is 0 Å². The monoisotopic (exact) mass is 335 g/mol. The number of piperidine rings is 1. The van der Waals surface area contributed by atoms with Crippen molar-refractivity contribution in [1.29, 1.82) is 0 Å². The molecule has 0 spiro atoms. The zero-order valence-corrected chi connectivity index (χ0v) is 12.9. The predicted octanol–water partition coefficient (Wildman–Crippen LogP) is 2.60. The Morgan fingerprint density at radius 1 is 1.48 bits per heavy atom. The van der Waals surface area contributed by atoms with Gasteiger partial charge in [-0.3, -0.25) is 0 Å². The quantitative estimate of drug-likeness (QED) is 0.921. The van der Waals surface area contributed by atoms with E-state index in [1.54, 1.807) is 0 Å². The number of carbonyl (C=O) groups is 1. The van der Waals surface area contributed by atoms with Crippen LogP contribution in [0.4, 0.5) is 4.39 Å². The molecule has 1 aromatic carbocycles. The molecule has 0 saturated carbocycles. The van der Waals surface area contributed by atoms with E-state index in [9.17, 15) is 17.6 Å². The largest absolute Gasteiger partial charge is 0.478 e. The van der Waals surface area contributed by atoms with E-state index in [2.05, 4.69) is 0 Å². The Morgan fingerprint density at radius 2 is 2.14 bits per heavy atom. The van der Waals surface area contributed by atoms with Gasteiger partial charge in [0.2, 0.25) is 10.0 Å². The van der Waals surface area contributed by atoms with Gasteiger partial charge in [0.25, 0.3) is 0 Å². The molecule has 1 N–H and O–H groups in total. The smallest absolute Gasteiger partial charge is 0.338 e. The van der Waals surface area contributed by atoms with E-state index in [4.69, 9.17) is 16.7 Å². The zero-order chi connectivity index (χ0) is 15.8. The molecule has 0 aromatic heterocycles. The molecule has 0 bridgehead atoms. The first-order chi connectivity index (χ1) is 9.73. The van der Waals surface area contributed by atoms with Gasteiger partial charge in [-0.1, -0.05) is 18.5 Å². The van der Waals surface area contributed by atoms with Crippen LogP contribution >= 0.6 is 11.6 Å². The normalized spacial score (nSPS) is 20.4. The van der Waals surface area contributed by atoms with Crippen molar-refractivity contribution in [2.45, 2.75) is 24.7 Å². The highest BCUT2D eigenvalue weighted by Gasteiger charge is 2.33. The average Bonchev–Trinajstić information content (AvgIpc) is 2.40. The summed E-state index contributed by atoms with van der Waals surface area (Å²) >= 11 is 5.73. The Hall–Kier alpha value is -1.18. The van der Waals surface area contributed by atoms with E-state index in [0.717, 1.165) is 18.6 Å². The number of carboxylic acid groups (broad SMARTS) is 1. The lowest BCUT2D eigenvalue weighted by Gasteiger charge is -2.30. The van der Waals surface area contributed by atoms with Crippen molar-refractivity contribution >= 4 is 27.6 Å². The minimum absolute atomic E-state index is 0.127. The number of nitrogens with zero attached hydrogens (tertiary/aromatic N) is 1. The first-order valence-electron chi connectivity index (χ1n) is 6.46. The number of aromatic carboxylic acids is 1. The van der Waals surface area contributed by atoms with Gasteiger partial charge in [-0.05, 0) is 30.9 Å². The summed E-state index contributed by atoms with van der Waals surface area (Å²) in [4.78, 5) is 10.3. The van der Waals surface area contributed by atoms with Crippen LogP contribution in [-0.2, 0) is 10.0 Å². The summed E-state index contributed by atoms with van der Waals surface area (Å²) in [7, 11) is -4.09. The van der Waals surface area contributed by atoms with Crippen molar-refractivity contribution in [2.75, 3.05) is 13.1 Å². The molecular formula is C13H15ClFNO4S. The van der Waals surface area contributed by atoms with E-state index < -0.39 is 32.3 Å². The predicted molar refractivity (Wildman–Crippen MR) is 75.5 cm³/mol. The van der Waals surface area contributed by atoms with Crippen LogP contribution in [0, 0.1) is 11.7 Å². The van der Waals surface area contributed by atoms with Crippen molar-refractivity contribution in [3.8, 4) is 0 Å². The highest BCUT2D eigenvalue weighted by molar-refractivity contribution is 7.89. The van der Waals surface area contributed by atoms with Gasteiger partial charge in [-0.15, -0.1) is 0 Å². The third-order valence-corrected chi connectivity index (χ3v) is 5.55. The minimum Gasteiger partial charge on any atom is -0.478 e. The fraction of sp³-hybridized carbons (Fsp3) is 0.462. The van der Waals surface area contributed by atoms with Gasteiger partial charge in [0.15, 0.2) is 5.82 Å². The summed E-state index contributed by atoms with van der Waals surface area (Å²) in [6.45, 7) is 2.50. The molecule has 2 rings (SSSR count). The van der Waals surface area contributed by atoms with Gasteiger partial charge in [0.05, 0.1) is 5.56 Å². The molecule has 0 radical (unpaired) electrons. The van der Waals surface area contributed by atoms with Crippen LogP contribution in [0.1, 0.15) is 30.1 Å². The van der Waals surface area contributed by atoms with Gasteiger partial charge in [0, 0.05) is 18.1 Å². The number of hydrogen-bond donors (Lipinski definition) is 1. The molecule has 1 heterocycles. The standard InChI is InChI=1S/C13H15ClFNO4S/c1-8-3-2-4-16(7-8)21(19,20)11-6-9(14)5-10(12(11)15)13(17)18/h5-6,8H,2-4,7H2,1H3,(H,17,18). The Morgan fingerprint density at radius 3 is 2.71 bits per heavy atom. The molecule has 1 saturated heterocycles. The second kappa shape index (κ2) is 5.90. The zero-order valence-electron chi connectivity index (χ0n) is 11.3. The highest BCUT2D eigenvalue weighted by Crippen LogP contribution is 2.29. The van der Waals surface area contributed by atoms with E-state index >= 15 is 0 Å². The molecule has 1 unspecified atom stereocenters. The summed E-state index contributed by atoms with van der Waals surface area (Å²) < 4.78 is 40.4. The molecular weight excluding hydrogens is 321 g/mol. The highest BCUT2D eigenvalue weighted by atomic mass is 35.5. The summed E-state index contributed by atoms with van der Waals surface area (Å²) in [5.41, 5.74) is -0.744. The maximum atomic E-state index is 14.2. The Labute approximate surface area is 127 Å². The van der Waals surface area contributed by atoms with Gasteiger partial charge >= 0.3 is 5.97 Å². The van der Waals surface area contributed by atoms with E-state index in [1.165, 1.54) is 4.31 Å². The van der Waals surface area contributed by atoms with Crippen LogP contribution in [0.25, 0.3) is 0 Å². The third-order valence-electron chi connectivity index (χ3n) is 3.47. The number of halogens is 2. The lowest BCUT2D eigenvalue weighted by Crippen LogP contribution is -2.39. The van der Waals surface area contributed by atoms with E-state index in [-0.39, 0.29) is 17.5 Å². The van der Waals surface area contributed by atoms with Crippen LogP contribution in [0.15, 0.2) is 17.0 Å². The van der Waals surface area contributed by atoms with Crippen molar-refractivity contribution < 1.29 is 22.7 Å². The van der Waals surface area contributed by atoms with Gasteiger partial charge in [0.1, 0.15) is 4.90 Å². The maximum Gasteiger partial charge on any atom is 0.338 e. The molecule has 116 valence electrons. The van der Waals surface area contributed by atoms with Crippen molar-refractivity contribution in [1.82, 2.24) is 4.31 Å². The minimum atomic E-state index is -4.09. The second-order valence-electron chi connectivity index (χ2n) is 5.18. The topological polar surface area (TPSA) is 74.7 Å². The van der Waals surface area contributed by atoms with E-state index in [1.807, 2.05) is 6.92 Å². The Balaban J connectivity index is 2.52. The van der Waals surface area contributed by atoms with Crippen molar-refractivity contribution in [3.05, 3.63) is 28.5 Å². The number of rotatable bonds is 3. The fourth-order valence-corrected chi connectivity index (χ4v) is 4.40. The number of benzene rings is 1. The van der Waals surface area contributed by atoms with Gasteiger partial charge in [-0.2, -0.15) is 4.31 Å². The fourth-order valence-electron chi connectivity index (χ4n) is 2.41. The lowest BCUT2D eigenvalue weighted by molar-refractivity contribution is 0.0691. The number of hydrogen-bond acceptors (Lipinski definition) is 3. The molecule has 21 heavy (non-hydrogen) atoms. The van der Waals surface area contributed by atoms with Gasteiger partial charge in [-0.25, -0.2) is 17.6 Å². The molecule has 5 nitrogen and oxygen atoms in total. The number of sulfonamides is 1. The van der Waals surface area contributed by atoms with Crippen LogP contribution in [-0.4, -0.2) is 36.9 Å². The summed E-state index contributed by atoms with van der Waals surface area (Å²) in [5, 5.41) is 8.80. The Kier molecular flexibility index (Phi) is 4.55. The van der Waals surface area contributed by atoms with Crippen molar-refractivity contribution in [2.24, 2.45) is 5.92 Å². The van der Waals surface area contributed by atoms with Crippen molar-refractivity contribution in [3.63, 3.8) is 0 Å². The summed E-state index contributed by atoms with van der Waals surface area (Å²) in [6.07, 6.45) is 1.60.